The average molecular weight is 331 g/mol. The van der Waals surface area contributed by atoms with Crippen molar-refractivity contribution in [2.75, 3.05) is 0 Å². The lowest BCUT2D eigenvalue weighted by Crippen LogP contribution is -1.99. The van der Waals surface area contributed by atoms with E-state index in [-0.39, 0.29) is 5.69 Å². The van der Waals surface area contributed by atoms with Crippen molar-refractivity contribution in [3.05, 3.63) is 82.4 Å². The van der Waals surface area contributed by atoms with E-state index in [1.165, 1.54) is 6.07 Å². The fourth-order valence-corrected chi connectivity index (χ4v) is 3.03. The molecule has 0 aliphatic carbocycles. The van der Waals surface area contributed by atoms with Crippen molar-refractivity contribution in [3.63, 3.8) is 0 Å². The molecule has 0 unspecified atom stereocenters. The largest absolute Gasteiger partial charge is 0.279 e. The third kappa shape index (κ3) is 2.78. The maximum atomic E-state index is 11.7. The molecule has 0 radical (unpaired) electrons. The van der Waals surface area contributed by atoms with Gasteiger partial charge in [0, 0.05) is 22.1 Å². The second kappa shape index (κ2) is 6.61. The zero-order valence-electron chi connectivity index (χ0n) is 12.6. The molecule has 0 bridgehead atoms. The first-order chi connectivity index (χ1) is 11.6. The van der Waals surface area contributed by atoms with Crippen molar-refractivity contribution in [1.82, 2.24) is 0 Å². The average Bonchev–Trinajstić information content (AvgIpc) is 2.62. The van der Waals surface area contributed by atoms with E-state index in [2.05, 4.69) is 18.5 Å². The van der Waals surface area contributed by atoms with Crippen LogP contribution in [0.5, 0.6) is 0 Å². The lowest BCUT2D eigenvalue weighted by Gasteiger charge is -2.15. The molecule has 116 valence electrons. The number of hydrogen-bond donors (Lipinski definition) is 1. The molecule has 0 N–H and O–H groups in total. The Labute approximate surface area is 145 Å². The Hall–Kier alpha value is -3.03. The predicted molar refractivity (Wildman–Crippen MR) is 99.2 cm³/mol. The van der Waals surface area contributed by atoms with Crippen LogP contribution in [0.1, 0.15) is 5.56 Å². The molecule has 0 aromatic heterocycles. The van der Waals surface area contributed by atoms with Crippen LogP contribution in [0.3, 0.4) is 0 Å². The van der Waals surface area contributed by atoms with Gasteiger partial charge in [0.1, 0.15) is 0 Å². The third-order valence-electron chi connectivity index (χ3n) is 3.75. The molecule has 3 aromatic carbocycles. The molecule has 4 heteroatoms. The highest BCUT2D eigenvalue weighted by atomic mass is 32.1. The van der Waals surface area contributed by atoms with Gasteiger partial charge in [-0.15, -0.1) is 19.1 Å². The van der Waals surface area contributed by atoms with Crippen molar-refractivity contribution >= 4 is 18.3 Å². The zero-order valence-corrected chi connectivity index (χ0v) is 13.5. The molecule has 3 nitrogen and oxygen atoms in total. The number of thiol groups is 1. The van der Waals surface area contributed by atoms with Crippen LogP contribution in [0.2, 0.25) is 0 Å². The van der Waals surface area contributed by atoms with Crippen molar-refractivity contribution in [1.29, 1.82) is 0 Å². The molecule has 0 amide bonds. The molecule has 0 fully saturated rings. The summed E-state index contributed by atoms with van der Waals surface area (Å²) in [4.78, 5) is 11.7. The molecule has 24 heavy (non-hydrogen) atoms. The smallest absolute Gasteiger partial charge is 0.258 e. The highest BCUT2D eigenvalue weighted by Gasteiger charge is 2.25. The molecule has 3 aromatic rings. The second-order valence-electron chi connectivity index (χ2n) is 5.17. The van der Waals surface area contributed by atoms with Gasteiger partial charge >= 0.3 is 0 Å². The molecule has 0 saturated carbocycles. The standard InChI is InChI=1S/C20H13NO2S/c1-2-16-18(24)13-17(21(22)23)20(15-11-7-4-8-12-15)19(16)14-9-5-3-6-10-14/h1,3-13,24H. The van der Waals surface area contributed by atoms with Crippen molar-refractivity contribution < 1.29 is 4.92 Å². The van der Waals surface area contributed by atoms with Crippen LogP contribution >= 0.6 is 12.6 Å². The summed E-state index contributed by atoms with van der Waals surface area (Å²) in [5.74, 6) is 2.64. The Bertz CT molecular complexity index is 945. The molecule has 0 spiro atoms. The Morgan fingerprint density at radius 3 is 1.88 bits per heavy atom. The number of hydrogen-bond acceptors (Lipinski definition) is 3. The van der Waals surface area contributed by atoms with Crippen LogP contribution in [0, 0.1) is 22.5 Å². The van der Waals surface area contributed by atoms with Crippen molar-refractivity contribution in [3.8, 4) is 34.6 Å². The highest BCUT2D eigenvalue weighted by molar-refractivity contribution is 7.80. The number of rotatable bonds is 3. The molecular weight excluding hydrogens is 318 g/mol. The number of nitro groups is 1. The lowest BCUT2D eigenvalue weighted by molar-refractivity contribution is -0.384. The minimum Gasteiger partial charge on any atom is -0.258 e. The van der Waals surface area contributed by atoms with Gasteiger partial charge < -0.3 is 0 Å². The number of terminal acetylenes is 1. The van der Waals surface area contributed by atoms with Gasteiger partial charge in [-0.2, -0.15) is 0 Å². The number of benzene rings is 3. The lowest BCUT2D eigenvalue weighted by atomic mass is 9.89. The van der Waals surface area contributed by atoms with E-state index >= 15 is 0 Å². The summed E-state index contributed by atoms with van der Waals surface area (Å²) >= 11 is 4.37. The summed E-state index contributed by atoms with van der Waals surface area (Å²) in [5.41, 5.74) is 3.27. The van der Waals surface area contributed by atoms with Crippen molar-refractivity contribution in [2.24, 2.45) is 0 Å². The zero-order chi connectivity index (χ0) is 17.1. The maximum Gasteiger partial charge on any atom is 0.279 e. The van der Waals surface area contributed by atoms with Crippen LogP contribution in [0.4, 0.5) is 5.69 Å². The van der Waals surface area contributed by atoms with Gasteiger partial charge in [0.15, 0.2) is 0 Å². The van der Waals surface area contributed by atoms with Crippen LogP contribution in [0.25, 0.3) is 22.3 Å². The first-order valence-electron chi connectivity index (χ1n) is 7.25. The first kappa shape index (κ1) is 15.9. The third-order valence-corrected chi connectivity index (χ3v) is 4.10. The number of nitro benzene ring substituents is 1. The second-order valence-corrected chi connectivity index (χ2v) is 5.66. The Morgan fingerprint density at radius 2 is 1.42 bits per heavy atom. The van der Waals surface area contributed by atoms with E-state index in [1.54, 1.807) is 0 Å². The van der Waals surface area contributed by atoms with Crippen LogP contribution in [-0.4, -0.2) is 4.92 Å². The Balaban J connectivity index is 2.49. The normalized spacial score (nSPS) is 10.2. The minimum atomic E-state index is -0.394. The minimum absolute atomic E-state index is 0.0101. The van der Waals surface area contributed by atoms with Gasteiger partial charge in [0.25, 0.3) is 5.69 Å². The Kier molecular flexibility index (Phi) is 4.37. The van der Waals surface area contributed by atoms with E-state index in [4.69, 9.17) is 6.42 Å². The van der Waals surface area contributed by atoms with Crippen LogP contribution in [-0.2, 0) is 0 Å². The van der Waals surface area contributed by atoms with Crippen LogP contribution < -0.4 is 0 Å². The van der Waals surface area contributed by atoms with E-state index in [0.29, 0.717) is 21.6 Å². The van der Waals surface area contributed by atoms with Gasteiger partial charge in [0.2, 0.25) is 0 Å². The molecule has 0 aliphatic heterocycles. The van der Waals surface area contributed by atoms with Crippen LogP contribution in [0.15, 0.2) is 71.6 Å². The van der Waals surface area contributed by atoms with Gasteiger partial charge in [-0.25, -0.2) is 0 Å². The maximum absolute atomic E-state index is 11.7. The van der Waals surface area contributed by atoms with Crippen molar-refractivity contribution in [2.45, 2.75) is 4.90 Å². The summed E-state index contributed by atoms with van der Waals surface area (Å²) in [7, 11) is 0. The van der Waals surface area contributed by atoms with E-state index in [1.807, 2.05) is 60.7 Å². The fraction of sp³-hybridized carbons (Fsp3) is 0. The summed E-state index contributed by atoms with van der Waals surface area (Å²) in [6.07, 6.45) is 5.69. The highest BCUT2D eigenvalue weighted by Crippen LogP contribution is 2.43. The molecule has 0 heterocycles. The molecule has 3 rings (SSSR count). The predicted octanol–water partition coefficient (Wildman–Crippen LogP) is 5.20. The molecule has 0 aliphatic rings. The van der Waals surface area contributed by atoms with Gasteiger partial charge in [-0.1, -0.05) is 66.6 Å². The summed E-state index contributed by atoms with van der Waals surface area (Å²) in [6, 6.07) is 20.1. The summed E-state index contributed by atoms with van der Waals surface area (Å²) in [5, 5.41) is 11.7. The van der Waals surface area contributed by atoms with E-state index in [9.17, 15) is 10.1 Å². The SMILES string of the molecule is C#Cc1c(S)cc([N+](=O)[O-])c(-c2ccccc2)c1-c1ccccc1. The molecule has 0 atom stereocenters. The van der Waals surface area contributed by atoms with Gasteiger partial charge in [0.05, 0.1) is 10.5 Å². The van der Waals surface area contributed by atoms with Gasteiger partial charge in [-0.05, 0) is 11.1 Å². The van der Waals surface area contributed by atoms with E-state index < -0.39 is 4.92 Å². The topological polar surface area (TPSA) is 43.1 Å². The monoisotopic (exact) mass is 331 g/mol. The van der Waals surface area contributed by atoms with Gasteiger partial charge in [-0.3, -0.25) is 10.1 Å². The molecular formula is C20H13NO2S. The fourth-order valence-electron chi connectivity index (χ4n) is 2.74. The summed E-state index contributed by atoms with van der Waals surface area (Å²) in [6.45, 7) is 0. The quantitative estimate of drug-likeness (QED) is 0.310. The number of nitrogens with zero attached hydrogens (tertiary/aromatic N) is 1. The first-order valence-corrected chi connectivity index (χ1v) is 7.70. The Morgan fingerprint density at radius 1 is 0.917 bits per heavy atom. The molecule has 0 saturated heterocycles. The van der Waals surface area contributed by atoms with E-state index in [0.717, 1.165) is 11.1 Å². The summed E-state index contributed by atoms with van der Waals surface area (Å²) < 4.78 is 0.